The van der Waals surface area contributed by atoms with Gasteiger partial charge in [-0.1, -0.05) is 35.3 Å². The first-order chi connectivity index (χ1) is 14.4. The molecule has 0 fully saturated rings. The fourth-order valence-corrected chi connectivity index (χ4v) is 3.55. The third-order valence-corrected chi connectivity index (χ3v) is 5.29. The monoisotopic (exact) mass is 443 g/mol. The number of nitrogens with zero attached hydrogens (tertiary/aromatic N) is 3. The van der Waals surface area contributed by atoms with Crippen LogP contribution in [0.4, 0.5) is 0 Å². The third kappa shape index (κ3) is 4.20. The van der Waals surface area contributed by atoms with Gasteiger partial charge in [0.2, 0.25) is 11.8 Å². The van der Waals surface area contributed by atoms with E-state index in [9.17, 15) is 4.79 Å². The summed E-state index contributed by atoms with van der Waals surface area (Å²) < 4.78 is 11.5. The molecule has 1 aliphatic rings. The number of ether oxygens (including phenoxy) is 1. The van der Waals surface area contributed by atoms with Crippen LogP contribution in [0.25, 0.3) is 17.5 Å². The zero-order chi connectivity index (χ0) is 21.3. The number of hydrogen-bond donors (Lipinski definition) is 0. The molecule has 30 heavy (non-hydrogen) atoms. The second-order valence-corrected chi connectivity index (χ2v) is 7.99. The van der Waals surface area contributed by atoms with E-state index >= 15 is 0 Å². The van der Waals surface area contributed by atoms with Gasteiger partial charge in [-0.05, 0) is 50.3 Å². The number of aromatic nitrogens is 2. The molecule has 2 heterocycles. The Hall–Kier alpha value is -2.83. The van der Waals surface area contributed by atoms with Crippen LogP contribution in [0.2, 0.25) is 10.0 Å². The zero-order valence-electron chi connectivity index (χ0n) is 16.4. The first-order valence-electron chi connectivity index (χ1n) is 9.43. The molecule has 8 heteroatoms. The highest BCUT2D eigenvalue weighted by Gasteiger charge is 2.26. The minimum absolute atomic E-state index is 0.0881. The lowest BCUT2D eigenvalue weighted by molar-refractivity contribution is -0.130. The van der Waals surface area contributed by atoms with Crippen LogP contribution in [0.15, 0.2) is 52.5 Å². The maximum absolute atomic E-state index is 13.2. The number of carbonyl (C=O) groups excluding carboxylic acids is 1. The minimum atomic E-state index is -0.159. The number of amides is 1. The van der Waals surface area contributed by atoms with E-state index in [0.29, 0.717) is 38.7 Å². The molecule has 0 bridgehead atoms. The predicted octanol–water partition coefficient (Wildman–Crippen LogP) is 5.26. The molecule has 0 aliphatic carbocycles. The minimum Gasteiger partial charge on any atom is -0.488 e. The van der Waals surface area contributed by atoms with Crippen molar-refractivity contribution in [3.8, 4) is 17.2 Å². The molecule has 2 aromatic carbocycles. The van der Waals surface area contributed by atoms with Gasteiger partial charge in [-0.3, -0.25) is 4.79 Å². The van der Waals surface area contributed by atoms with Gasteiger partial charge >= 0.3 is 0 Å². The maximum atomic E-state index is 13.2. The summed E-state index contributed by atoms with van der Waals surface area (Å²) in [4.78, 5) is 14.9. The van der Waals surface area contributed by atoms with Crippen molar-refractivity contribution in [3.05, 3.63) is 69.5 Å². The van der Waals surface area contributed by atoms with Gasteiger partial charge in [0, 0.05) is 16.6 Å². The molecule has 1 aromatic heterocycles. The molecule has 0 spiro atoms. The first kappa shape index (κ1) is 20.4. The molecule has 1 amide bonds. The zero-order valence-corrected chi connectivity index (χ0v) is 17.9. The van der Waals surface area contributed by atoms with Gasteiger partial charge in [0.1, 0.15) is 12.4 Å². The second kappa shape index (κ2) is 8.50. The Bertz CT molecular complexity index is 1120. The third-order valence-electron chi connectivity index (χ3n) is 4.72. The number of fused-ring (bicyclic) bond motifs is 1. The van der Waals surface area contributed by atoms with Crippen LogP contribution < -0.4 is 4.74 Å². The predicted molar refractivity (Wildman–Crippen MR) is 115 cm³/mol. The quantitative estimate of drug-likeness (QED) is 0.537. The van der Waals surface area contributed by atoms with Crippen LogP contribution in [0.3, 0.4) is 0 Å². The number of rotatable bonds is 5. The topological polar surface area (TPSA) is 68.5 Å². The lowest BCUT2D eigenvalue weighted by atomic mass is 10.1. The Morgan fingerprint density at radius 1 is 1.17 bits per heavy atom. The summed E-state index contributed by atoms with van der Waals surface area (Å²) in [6.45, 7) is 4.22. The molecule has 0 unspecified atom stereocenters. The van der Waals surface area contributed by atoms with Crippen molar-refractivity contribution in [1.29, 1.82) is 0 Å². The summed E-state index contributed by atoms with van der Waals surface area (Å²) in [5, 5.41) is 9.28. The SMILES string of the molecule is CC(C)N(Cc1nnc(-c2ccccc2Cl)o1)C(=O)C1=Cc2cc(Cl)ccc2OC1. The van der Waals surface area contributed by atoms with Gasteiger partial charge in [-0.2, -0.15) is 0 Å². The molecule has 0 N–H and O–H groups in total. The van der Waals surface area contributed by atoms with E-state index in [4.69, 9.17) is 32.4 Å². The number of hydrogen-bond acceptors (Lipinski definition) is 5. The van der Waals surface area contributed by atoms with Crippen LogP contribution in [0.1, 0.15) is 25.3 Å². The summed E-state index contributed by atoms with van der Waals surface area (Å²) in [5.74, 6) is 1.18. The Morgan fingerprint density at radius 3 is 2.73 bits per heavy atom. The number of carbonyl (C=O) groups is 1. The molecular weight excluding hydrogens is 425 g/mol. The lowest BCUT2D eigenvalue weighted by Crippen LogP contribution is -2.39. The molecule has 0 atom stereocenters. The summed E-state index contributed by atoms with van der Waals surface area (Å²) >= 11 is 12.3. The van der Waals surface area contributed by atoms with Crippen LogP contribution in [0.5, 0.6) is 5.75 Å². The summed E-state index contributed by atoms with van der Waals surface area (Å²) in [6, 6.07) is 12.5. The second-order valence-electron chi connectivity index (χ2n) is 7.15. The van der Waals surface area contributed by atoms with Crippen molar-refractivity contribution in [2.45, 2.75) is 26.4 Å². The van der Waals surface area contributed by atoms with E-state index in [1.54, 1.807) is 35.2 Å². The van der Waals surface area contributed by atoms with Crippen LogP contribution in [-0.4, -0.2) is 33.7 Å². The van der Waals surface area contributed by atoms with Crippen LogP contribution >= 0.6 is 23.2 Å². The number of benzene rings is 2. The summed E-state index contributed by atoms with van der Waals surface area (Å²) in [5.41, 5.74) is 1.96. The van der Waals surface area contributed by atoms with Gasteiger partial charge < -0.3 is 14.1 Å². The smallest absolute Gasteiger partial charge is 0.253 e. The van der Waals surface area contributed by atoms with E-state index in [1.165, 1.54) is 0 Å². The molecule has 3 aromatic rings. The Balaban J connectivity index is 1.57. The van der Waals surface area contributed by atoms with Crippen molar-refractivity contribution < 1.29 is 13.9 Å². The van der Waals surface area contributed by atoms with Crippen molar-refractivity contribution in [1.82, 2.24) is 15.1 Å². The van der Waals surface area contributed by atoms with Crippen molar-refractivity contribution >= 4 is 35.2 Å². The van der Waals surface area contributed by atoms with E-state index in [-0.39, 0.29) is 25.1 Å². The van der Waals surface area contributed by atoms with Crippen molar-refractivity contribution in [3.63, 3.8) is 0 Å². The van der Waals surface area contributed by atoms with Gasteiger partial charge in [-0.15, -0.1) is 10.2 Å². The molecule has 154 valence electrons. The molecule has 1 aliphatic heterocycles. The highest BCUT2D eigenvalue weighted by atomic mass is 35.5. The highest BCUT2D eigenvalue weighted by Crippen LogP contribution is 2.30. The normalized spacial score (nSPS) is 12.9. The largest absolute Gasteiger partial charge is 0.488 e. The molecule has 6 nitrogen and oxygen atoms in total. The van der Waals surface area contributed by atoms with Gasteiger partial charge in [0.05, 0.1) is 22.7 Å². The van der Waals surface area contributed by atoms with Crippen LogP contribution in [-0.2, 0) is 11.3 Å². The Kier molecular flexibility index (Phi) is 5.79. The Labute approximate surface area is 184 Å². The summed E-state index contributed by atoms with van der Waals surface area (Å²) in [6.07, 6.45) is 1.81. The van der Waals surface area contributed by atoms with Crippen molar-refractivity contribution in [2.24, 2.45) is 0 Å². The number of halogens is 2. The van der Waals surface area contributed by atoms with Gasteiger partial charge in [0.15, 0.2) is 0 Å². The Morgan fingerprint density at radius 2 is 1.97 bits per heavy atom. The fraction of sp³-hybridized carbons (Fsp3) is 0.227. The molecule has 0 saturated carbocycles. The fourth-order valence-electron chi connectivity index (χ4n) is 3.15. The van der Waals surface area contributed by atoms with E-state index < -0.39 is 0 Å². The van der Waals surface area contributed by atoms with Crippen molar-refractivity contribution in [2.75, 3.05) is 6.61 Å². The average Bonchev–Trinajstić information content (AvgIpc) is 3.19. The first-order valence-corrected chi connectivity index (χ1v) is 10.2. The average molecular weight is 444 g/mol. The summed E-state index contributed by atoms with van der Waals surface area (Å²) in [7, 11) is 0. The van der Waals surface area contributed by atoms with Gasteiger partial charge in [-0.25, -0.2) is 0 Å². The van der Waals surface area contributed by atoms with E-state index in [2.05, 4.69) is 10.2 Å². The highest BCUT2D eigenvalue weighted by molar-refractivity contribution is 6.33. The van der Waals surface area contributed by atoms with E-state index in [1.807, 2.05) is 32.1 Å². The molecule has 0 saturated heterocycles. The molecule has 0 radical (unpaired) electrons. The van der Waals surface area contributed by atoms with Crippen LogP contribution in [0, 0.1) is 0 Å². The van der Waals surface area contributed by atoms with E-state index in [0.717, 1.165) is 5.56 Å². The van der Waals surface area contributed by atoms with Gasteiger partial charge in [0.25, 0.3) is 5.91 Å². The molecular formula is C22H19Cl2N3O3. The lowest BCUT2D eigenvalue weighted by Gasteiger charge is -2.28. The maximum Gasteiger partial charge on any atom is 0.253 e. The standard InChI is InChI=1S/C22H19Cl2N3O3/c1-13(2)27(11-20-25-26-21(30-20)17-5-3-4-6-18(17)24)22(28)15-9-14-10-16(23)7-8-19(14)29-12-15/h3-10,13H,11-12H2,1-2H3. The molecule has 4 rings (SSSR count).